The highest BCUT2D eigenvalue weighted by Gasteiger charge is 2.57. The van der Waals surface area contributed by atoms with Gasteiger partial charge in [0.1, 0.15) is 0 Å². The lowest BCUT2D eigenvalue weighted by molar-refractivity contribution is -0.561. The minimum absolute atomic E-state index is 0.144. The molecule has 0 amide bonds. The molecular formula is C11H10N4O4S. The Balaban J connectivity index is 2.27. The van der Waals surface area contributed by atoms with Gasteiger partial charge in [0.25, 0.3) is 5.54 Å². The molecule has 2 atom stereocenters. The SMILES string of the molecule is CC1=CC[C@@]2([N+](=O)[O-])C=C([N+](=O)[O-])c3nsnc3[C@H]2C1. The highest BCUT2D eigenvalue weighted by atomic mass is 32.1. The molecule has 0 unspecified atom stereocenters. The van der Waals surface area contributed by atoms with Crippen LogP contribution in [0.25, 0.3) is 5.70 Å². The lowest BCUT2D eigenvalue weighted by Crippen LogP contribution is -2.46. The zero-order chi connectivity index (χ0) is 14.5. The van der Waals surface area contributed by atoms with E-state index in [0.717, 1.165) is 23.4 Å². The largest absolute Gasteiger partial charge is 0.301 e. The summed E-state index contributed by atoms with van der Waals surface area (Å²) in [6, 6.07) is 0. The van der Waals surface area contributed by atoms with Gasteiger partial charge in [0.05, 0.1) is 34.3 Å². The summed E-state index contributed by atoms with van der Waals surface area (Å²) in [6.45, 7) is 1.90. The topological polar surface area (TPSA) is 112 Å². The van der Waals surface area contributed by atoms with E-state index in [-0.39, 0.29) is 17.8 Å². The number of hydrogen-bond acceptors (Lipinski definition) is 7. The van der Waals surface area contributed by atoms with E-state index in [1.54, 1.807) is 6.08 Å². The van der Waals surface area contributed by atoms with Gasteiger partial charge in [-0.05, 0) is 13.3 Å². The molecule has 0 saturated heterocycles. The van der Waals surface area contributed by atoms with Crippen molar-refractivity contribution >= 4 is 17.4 Å². The molecule has 1 heterocycles. The van der Waals surface area contributed by atoms with E-state index in [9.17, 15) is 20.2 Å². The Kier molecular flexibility index (Phi) is 2.68. The van der Waals surface area contributed by atoms with Gasteiger partial charge in [-0.25, -0.2) is 0 Å². The maximum Gasteiger partial charge on any atom is 0.301 e. The van der Waals surface area contributed by atoms with E-state index in [1.807, 2.05) is 6.92 Å². The monoisotopic (exact) mass is 294 g/mol. The van der Waals surface area contributed by atoms with Gasteiger partial charge in [-0.15, -0.1) is 0 Å². The van der Waals surface area contributed by atoms with Crippen LogP contribution in [0, 0.1) is 20.2 Å². The van der Waals surface area contributed by atoms with E-state index in [1.165, 1.54) is 0 Å². The highest BCUT2D eigenvalue weighted by Crippen LogP contribution is 2.49. The van der Waals surface area contributed by atoms with Crippen LogP contribution in [-0.2, 0) is 0 Å². The zero-order valence-electron chi connectivity index (χ0n) is 10.5. The Morgan fingerprint density at radius 2 is 2.15 bits per heavy atom. The Morgan fingerprint density at radius 1 is 1.40 bits per heavy atom. The van der Waals surface area contributed by atoms with E-state index in [2.05, 4.69) is 8.75 Å². The van der Waals surface area contributed by atoms with Crippen molar-refractivity contribution in [2.75, 3.05) is 0 Å². The molecule has 9 heteroatoms. The lowest BCUT2D eigenvalue weighted by Gasteiger charge is -2.34. The quantitative estimate of drug-likeness (QED) is 0.468. The summed E-state index contributed by atoms with van der Waals surface area (Å²) in [5.41, 5.74) is -0.199. The second-order valence-corrected chi connectivity index (χ2v) is 5.57. The van der Waals surface area contributed by atoms with Gasteiger partial charge in [-0.2, -0.15) is 8.75 Å². The molecule has 2 aliphatic rings. The number of aromatic nitrogens is 2. The van der Waals surface area contributed by atoms with Gasteiger partial charge >= 0.3 is 5.70 Å². The van der Waals surface area contributed by atoms with Crippen LogP contribution in [-0.4, -0.2) is 24.1 Å². The van der Waals surface area contributed by atoms with Gasteiger partial charge in [0, 0.05) is 11.3 Å². The molecule has 1 aromatic rings. The van der Waals surface area contributed by atoms with E-state index < -0.39 is 21.3 Å². The molecule has 0 bridgehead atoms. The number of nitrogens with zero attached hydrogens (tertiary/aromatic N) is 4. The molecule has 8 nitrogen and oxygen atoms in total. The first kappa shape index (κ1) is 12.9. The molecule has 0 aliphatic heterocycles. The summed E-state index contributed by atoms with van der Waals surface area (Å²) in [5.74, 6) is -0.486. The molecule has 104 valence electrons. The van der Waals surface area contributed by atoms with E-state index >= 15 is 0 Å². The highest BCUT2D eigenvalue weighted by molar-refractivity contribution is 6.99. The zero-order valence-corrected chi connectivity index (χ0v) is 11.3. The molecule has 0 saturated carbocycles. The van der Waals surface area contributed by atoms with Crippen molar-refractivity contribution < 1.29 is 9.85 Å². The van der Waals surface area contributed by atoms with Crippen molar-refractivity contribution in [3.8, 4) is 0 Å². The van der Waals surface area contributed by atoms with Gasteiger partial charge in [0.2, 0.25) is 0 Å². The molecule has 3 rings (SSSR count). The minimum Gasteiger partial charge on any atom is -0.264 e. The van der Waals surface area contributed by atoms with Crippen molar-refractivity contribution in [3.05, 3.63) is 49.3 Å². The van der Waals surface area contributed by atoms with Crippen LogP contribution in [0.1, 0.15) is 37.1 Å². The fourth-order valence-electron chi connectivity index (χ4n) is 2.86. The van der Waals surface area contributed by atoms with Crippen LogP contribution in [0.2, 0.25) is 0 Å². The summed E-state index contributed by atoms with van der Waals surface area (Å²) in [6.07, 6.45) is 3.55. The third-order valence-corrected chi connectivity index (χ3v) is 4.46. The van der Waals surface area contributed by atoms with Crippen LogP contribution in [0.5, 0.6) is 0 Å². The summed E-state index contributed by atoms with van der Waals surface area (Å²) in [5, 5.41) is 22.7. The fraction of sp³-hybridized carbons (Fsp3) is 0.455. The molecule has 0 aromatic carbocycles. The van der Waals surface area contributed by atoms with E-state index in [0.29, 0.717) is 12.1 Å². The minimum atomic E-state index is -1.48. The van der Waals surface area contributed by atoms with Crippen LogP contribution >= 0.6 is 11.7 Å². The van der Waals surface area contributed by atoms with Crippen molar-refractivity contribution in [1.82, 2.24) is 8.75 Å². The smallest absolute Gasteiger partial charge is 0.264 e. The van der Waals surface area contributed by atoms with Crippen LogP contribution in [0.15, 0.2) is 17.7 Å². The standard InChI is InChI=1S/C11H10N4O4S/c1-6-2-3-11(15(18)19)5-8(14(16)17)10-9(7(11)4-6)12-20-13-10/h2,5,7H,3-4H2,1H3/t7-,11-/m1/s1. The van der Waals surface area contributed by atoms with Crippen molar-refractivity contribution in [3.63, 3.8) is 0 Å². The number of fused-ring (bicyclic) bond motifs is 3. The van der Waals surface area contributed by atoms with E-state index in [4.69, 9.17) is 0 Å². The fourth-order valence-corrected chi connectivity index (χ4v) is 3.47. The Bertz CT molecular complexity index is 680. The predicted molar refractivity (Wildman–Crippen MR) is 70.3 cm³/mol. The van der Waals surface area contributed by atoms with Gasteiger partial charge < -0.3 is 0 Å². The van der Waals surface area contributed by atoms with Gasteiger partial charge in [0.15, 0.2) is 5.69 Å². The molecule has 0 N–H and O–H groups in total. The third kappa shape index (κ3) is 1.59. The molecule has 0 spiro atoms. The van der Waals surface area contributed by atoms with Crippen LogP contribution in [0.3, 0.4) is 0 Å². The number of allylic oxidation sites excluding steroid dienone is 1. The maximum absolute atomic E-state index is 11.6. The first-order valence-corrected chi connectivity index (χ1v) is 6.69. The summed E-state index contributed by atoms with van der Waals surface area (Å²) < 4.78 is 8.03. The molecule has 0 radical (unpaired) electrons. The second-order valence-electron chi connectivity index (χ2n) is 5.04. The lowest BCUT2D eigenvalue weighted by atomic mass is 9.69. The van der Waals surface area contributed by atoms with Crippen LogP contribution in [0.4, 0.5) is 0 Å². The maximum atomic E-state index is 11.6. The average Bonchev–Trinajstić information content (AvgIpc) is 2.86. The second kappa shape index (κ2) is 4.17. The van der Waals surface area contributed by atoms with Crippen LogP contribution < -0.4 is 0 Å². The first-order chi connectivity index (χ1) is 9.45. The Hall–Kier alpha value is -2.16. The molecular weight excluding hydrogens is 284 g/mol. The van der Waals surface area contributed by atoms with Crippen molar-refractivity contribution in [1.29, 1.82) is 0 Å². The third-order valence-electron chi connectivity index (χ3n) is 3.92. The Morgan fingerprint density at radius 3 is 2.80 bits per heavy atom. The number of hydrogen-bond donors (Lipinski definition) is 0. The molecule has 20 heavy (non-hydrogen) atoms. The molecule has 2 aliphatic carbocycles. The molecule has 1 aromatic heterocycles. The number of rotatable bonds is 2. The average molecular weight is 294 g/mol. The summed E-state index contributed by atoms with van der Waals surface area (Å²) >= 11 is 0.857. The predicted octanol–water partition coefficient (Wildman–Crippen LogP) is 2.01. The Labute approximate surface area is 117 Å². The van der Waals surface area contributed by atoms with Gasteiger partial charge in [-0.3, -0.25) is 20.2 Å². The summed E-state index contributed by atoms with van der Waals surface area (Å²) in [4.78, 5) is 21.7. The van der Waals surface area contributed by atoms with Gasteiger partial charge in [-0.1, -0.05) is 11.6 Å². The van der Waals surface area contributed by atoms with Crippen molar-refractivity contribution in [2.24, 2.45) is 0 Å². The molecule has 0 fully saturated rings. The number of nitro groups is 2. The first-order valence-electron chi connectivity index (χ1n) is 5.96. The summed E-state index contributed by atoms with van der Waals surface area (Å²) in [7, 11) is 0. The normalized spacial score (nSPS) is 27.9. The van der Waals surface area contributed by atoms with Crippen molar-refractivity contribution in [2.45, 2.75) is 31.2 Å².